The minimum atomic E-state index is -0.379. The van der Waals surface area contributed by atoms with Crippen LogP contribution in [-0.4, -0.2) is 62.0 Å². The number of amides is 2. The first-order chi connectivity index (χ1) is 20.4. The second kappa shape index (κ2) is 12.8. The van der Waals surface area contributed by atoms with Gasteiger partial charge in [-0.05, 0) is 46.2 Å². The van der Waals surface area contributed by atoms with Crippen molar-refractivity contribution >= 4 is 29.2 Å². The van der Waals surface area contributed by atoms with E-state index in [9.17, 15) is 9.59 Å². The van der Waals surface area contributed by atoms with E-state index in [1.165, 1.54) is 29.1 Å². The van der Waals surface area contributed by atoms with E-state index in [2.05, 4.69) is 70.5 Å². The zero-order valence-electron chi connectivity index (χ0n) is 26.1. The third-order valence-electron chi connectivity index (χ3n) is 10.4. The third-order valence-corrected chi connectivity index (χ3v) is 10.4. The smallest absolute Gasteiger partial charge is 1.00 e. The molecule has 0 spiro atoms. The number of carbonyl (C=O) groups excluding carboxylic acids is 2. The van der Waals surface area contributed by atoms with Crippen molar-refractivity contribution in [3.8, 4) is 0 Å². The topological polar surface area (TPSA) is 66.4 Å². The Kier molecular flexibility index (Phi) is 9.39. The van der Waals surface area contributed by atoms with Crippen molar-refractivity contribution in [3.63, 3.8) is 0 Å². The number of likely N-dealkylation sites (tertiary alicyclic amines) is 2. The van der Waals surface area contributed by atoms with Crippen LogP contribution in [0.5, 0.6) is 0 Å². The van der Waals surface area contributed by atoms with Gasteiger partial charge in [0.15, 0.2) is 17.4 Å². The molecule has 2 amide bonds. The zero-order valence-corrected chi connectivity index (χ0v) is 25.1. The minimum Gasteiger partial charge on any atom is -1.00 e. The summed E-state index contributed by atoms with van der Waals surface area (Å²) in [5, 5.41) is 0. The number of carbonyl (C=O) groups is 2. The first-order valence-electron chi connectivity index (χ1n) is 14.9. The summed E-state index contributed by atoms with van der Waals surface area (Å²) in [5.74, 6) is 1.07. The van der Waals surface area contributed by atoms with Crippen LogP contribution in [0.4, 0.5) is 0 Å². The maximum atomic E-state index is 12.6. The Morgan fingerprint density at radius 2 is 1.14 bits per heavy atom. The molecule has 4 unspecified atom stereocenters. The monoisotopic (exact) mass is 594 g/mol. The Morgan fingerprint density at radius 1 is 0.682 bits per heavy atom. The number of benzene rings is 2. The molecule has 2 saturated carbocycles. The number of fused-ring (bicyclic) bond motifs is 2. The third kappa shape index (κ3) is 5.51. The summed E-state index contributed by atoms with van der Waals surface area (Å²) < 4.78 is 0. The van der Waals surface area contributed by atoms with Crippen molar-refractivity contribution in [2.24, 2.45) is 23.7 Å². The fraction of sp³-hybridized carbons (Fsp3) is 0.333. The van der Waals surface area contributed by atoms with Gasteiger partial charge < -0.3 is 1.43 Å². The van der Waals surface area contributed by atoms with Gasteiger partial charge in [-0.15, -0.1) is 0 Å². The average molecular weight is 595 g/mol. The van der Waals surface area contributed by atoms with Crippen molar-refractivity contribution in [1.29, 1.82) is 0 Å². The van der Waals surface area contributed by atoms with E-state index in [0.717, 1.165) is 29.5 Å². The summed E-state index contributed by atoms with van der Waals surface area (Å²) in [5.41, 5.74) is 4.81. The fourth-order valence-corrected chi connectivity index (χ4v) is 7.76. The standard InChI is InChI=1S/C18H16N2O2.C18H20N2.Al.Li.4H/c1-18(13-8-5-9-19-10-13)14-15(18)17(22)20(16(14)21)11-12-6-3-2-4-7-12;1-18(15-8-5-9-19-10-15)16-12-20(13-17(16)18)11-14-6-3-2-4-7-14;;;;;;/h2-10,14-15H,11H2,1H3;2-10,16-17H,11-13H2,1H3;;;;;;/q;;;+1;;;;-1. The van der Waals surface area contributed by atoms with Gasteiger partial charge in [-0.3, -0.25) is 29.4 Å². The van der Waals surface area contributed by atoms with Crippen LogP contribution in [0.1, 0.15) is 37.5 Å². The van der Waals surface area contributed by atoms with Gasteiger partial charge in [-0.25, -0.2) is 0 Å². The first-order valence-corrected chi connectivity index (χ1v) is 14.9. The molecule has 220 valence electrons. The number of hydrogen-bond acceptors (Lipinski definition) is 5. The number of rotatable bonds is 6. The predicted molar refractivity (Wildman–Crippen MR) is 172 cm³/mol. The quantitative estimate of drug-likeness (QED) is 0.248. The second-order valence-electron chi connectivity index (χ2n) is 12.6. The minimum absolute atomic E-state index is 0. The Hall–Kier alpha value is -3.03. The van der Waals surface area contributed by atoms with Crippen LogP contribution in [-0.2, 0) is 33.5 Å². The Balaban J connectivity index is 0.000000193. The number of imide groups is 1. The molecule has 4 aromatic rings. The molecule has 0 N–H and O–H groups in total. The van der Waals surface area contributed by atoms with Crippen LogP contribution in [0, 0.1) is 23.7 Å². The molecule has 4 aliphatic rings. The van der Waals surface area contributed by atoms with Crippen molar-refractivity contribution in [2.45, 2.75) is 37.8 Å². The second-order valence-corrected chi connectivity index (χ2v) is 12.6. The molecule has 44 heavy (non-hydrogen) atoms. The van der Waals surface area contributed by atoms with Crippen molar-refractivity contribution in [3.05, 3.63) is 132 Å². The van der Waals surface area contributed by atoms with E-state index in [1.54, 1.807) is 12.4 Å². The van der Waals surface area contributed by atoms with Gasteiger partial charge in [0.05, 0.1) is 18.4 Å². The molecule has 4 fully saturated rings. The molecular formula is C36H40AlLiN4O2. The Morgan fingerprint density at radius 3 is 1.59 bits per heavy atom. The summed E-state index contributed by atoms with van der Waals surface area (Å²) in [6.07, 6.45) is 7.39. The Labute approximate surface area is 284 Å². The van der Waals surface area contributed by atoms with Crippen LogP contribution in [0.2, 0.25) is 0 Å². The normalized spacial score (nSPS) is 29.4. The van der Waals surface area contributed by atoms with Gasteiger partial charge in [0.25, 0.3) is 0 Å². The van der Waals surface area contributed by atoms with E-state index in [4.69, 9.17) is 0 Å². The molecule has 6 nitrogen and oxygen atoms in total. The molecular weight excluding hydrogens is 554 g/mol. The largest absolute Gasteiger partial charge is 1.00 e. The number of nitrogens with zero attached hydrogens (tertiary/aromatic N) is 4. The van der Waals surface area contributed by atoms with E-state index < -0.39 is 0 Å². The Bertz CT molecular complexity index is 1560. The van der Waals surface area contributed by atoms with E-state index in [1.807, 2.05) is 55.6 Å². The maximum Gasteiger partial charge on any atom is 1.00 e. The van der Waals surface area contributed by atoms with Crippen LogP contribution in [0.15, 0.2) is 110 Å². The van der Waals surface area contributed by atoms with Crippen LogP contribution in [0.25, 0.3) is 0 Å². The molecule has 4 heterocycles. The van der Waals surface area contributed by atoms with Crippen LogP contribution >= 0.6 is 0 Å². The van der Waals surface area contributed by atoms with Gasteiger partial charge >= 0.3 is 18.9 Å². The summed E-state index contributed by atoms with van der Waals surface area (Å²) in [6.45, 7) is 8.33. The molecule has 0 radical (unpaired) electrons. The van der Waals surface area contributed by atoms with E-state index in [-0.39, 0.29) is 66.7 Å². The number of pyridine rings is 2. The van der Waals surface area contributed by atoms with Crippen LogP contribution < -0.4 is 18.9 Å². The van der Waals surface area contributed by atoms with Crippen molar-refractivity contribution in [1.82, 2.24) is 19.8 Å². The maximum absolute atomic E-state index is 12.6. The first kappa shape index (κ1) is 32.4. The average Bonchev–Trinajstić information content (AvgIpc) is 3.68. The van der Waals surface area contributed by atoms with Gasteiger partial charge in [-0.2, -0.15) is 0 Å². The van der Waals surface area contributed by atoms with Crippen molar-refractivity contribution < 1.29 is 29.9 Å². The van der Waals surface area contributed by atoms with Crippen molar-refractivity contribution in [2.75, 3.05) is 13.1 Å². The zero-order chi connectivity index (χ0) is 28.9. The molecule has 2 aromatic carbocycles. The molecule has 2 aliphatic carbocycles. The molecule has 2 aliphatic heterocycles. The summed E-state index contributed by atoms with van der Waals surface area (Å²) in [7, 11) is 0. The number of piperidine rings is 2. The SMILES string of the molecule is CC1(c2cccnc2)C2C(=O)N(Cc3ccccc3)C(=O)C21.CC1(c2cccnc2)C2CN(Cc3ccccc3)CC21.[AlH3].[H-].[Li+]. The molecule has 8 rings (SSSR count). The molecule has 2 aromatic heterocycles. The van der Waals surface area contributed by atoms with Gasteiger partial charge in [0, 0.05) is 55.3 Å². The molecule has 8 heteroatoms. The van der Waals surface area contributed by atoms with E-state index in [0.29, 0.717) is 12.0 Å². The fourth-order valence-electron chi connectivity index (χ4n) is 7.76. The van der Waals surface area contributed by atoms with Crippen LogP contribution in [0.3, 0.4) is 0 Å². The molecule has 0 bridgehead atoms. The summed E-state index contributed by atoms with van der Waals surface area (Å²) in [4.78, 5) is 37.7. The summed E-state index contributed by atoms with van der Waals surface area (Å²) in [6, 6.07) is 28.5. The number of aromatic nitrogens is 2. The van der Waals surface area contributed by atoms with Gasteiger partial charge in [0.2, 0.25) is 11.8 Å². The van der Waals surface area contributed by atoms with Gasteiger partial charge in [0.1, 0.15) is 0 Å². The number of hydrogen-bond donors (Lipinski definition) is 0. The predicted octanol–water partition coefficient (Wildman–Crippen LogP) is 1.19. The van der Waals surface area contributed by atoms with E-state index >= 15 is 0 Å². The molecule has 4 atom stereocenters. The summed E-state index contributed by atoms with van der Waals surface area (Å²) >= 11 is 0. The van der Waals surface area contributed by atoms with Gasteiger partial charge in [-0.1, -0.05) is 86.6 Å². The molecule has 2 saturated heterocycles.